The minimum atomic E-state index is 0.203. The molecule has 1 unspecified atom stereocenters. The number of nitrogens with zero attached hydrogens (tertiary/aromatic N) is 4. The van der Waals surface area contributed by atoms with E-state index in [2.05, 4.69) is 25.1 Å². The number of anilines is 1. The van der Waals surface area contributed by atoms with Crippen molar-refractivity contribution in [2.45, 2.75) is 37.4 Å². The first-order valence-electron chi connectivity index (χ1n) is 9.60. The molecule has 26 heavy (non-hydrogen) atoms. The van der Waals surface area contributed by atoms with Gasteiger partial charge >= 0.3 is 0 Å². The summed E-state index contributed by atoms with van der Waals surface area (Å²) in [6.45, 7) is 5.53. The van der Waals surface area contributed by atoms with E-state index in [1.54, 1.807) is 12.4 Å². The molecule has 144 valence electrons. The molecule has 0 saturated carbocycles. The average Bonchev–Trinajstić information content (AvgIpc) is 3.20. The maximum atomic E-state index is 12.0. The smallest absolute Gasteiger partial charge is 0.225 e. The highest BCUT2D eigenvalue weighted by Crippen LogP contribution is 2.39. The Balaban J connectivity index is 1.21. The lowest BCUT2D eigenvalue weighted by Gasteiger charge is -2.34. The minimum Gasteiger partial charge on any atom is -0.355 e. The van der Waals surface area contributed by atoms with Gasteiger partial charge < -0.3 is 10.2 Å². The molecular formula is C18H29N5OS2. The molecule has 2 aliphatic rings. The summed E-state index contributed by atoms with van der Waals surface area (Å²) in [6, 6.07) is 1.84. The van der Waals surface area contributed by atoms with Gasteiger partial charge in [0.15, 0.2) is 0 Å². The van der Waals surface area contributed by atoms with Crippen LogP contribution in [0.5, 0.6) is 0 Å². The van der Waals surface area contributed by atoms with Gasteiger partial charge in [-0.3, -0.25) is 9.69 Å². The third-order valence-electron chi connectivity index (χ3n) is 4.86. The van der Waals surface area contributed by atoms with E-state index in [-0.39, 0.29) is 5.91 Å². The summed E-state index contributed by atoms with van der Waals surface area (Å²) >= 11 is 0. The molecule has 1 aromatic rings. The normalized spacial score (nSPS) is 21.1. The Morgan fingerprint density at radius 1 is 1.19 bits per heavy atom. The van der Waals surface area contributed by atoms with E-state index in [4.69, 9.17) is 0 Å². The molecule has 1 aromatic heterocycles. The molecule has 8 heteroatoms. The van der Waals surface area contributed by atoms with Crippen molar-refractivity contribution in [3.63, 3.8) is 0 Å². The molecule has 0 spiro atoms. The summed E-state index contributed by atoms with van der Waals surface area (Å²) in [5, 5.41) is 3.90. The van der Waals surface area contributed by atoms with Crippen molar-refractivity contribution in [1.82, 2.24) is 20.2 Å². The van der Waals surface area contributed by atoms with E-state index in [1.165, 1.54) is 25.0 Å². The van der Waals surface area contributed by atoms with Crippen molar-refractivity contribution in [3.05, 3.63) is 18.5 Å². The van der Waals surface area contributed by atoms with Crippen LogP contribution in [0.4, 0.5) is 5.95 Å². The molecule has 1 N–H and O–H groups in total. The summed E-state index contributed by atoms with van der Waals surface area (Å²) in [4.78, 5) is 25.2. The fourth-order valence-corrected chi connectivity index (χ4v) is 6.32. The largest absolute Gasteiger partial charge is 0.355 e. The van der Waals surface area contributed by atoms with Crippen molar-refractivity contribution in [3.8, 4) is 0 Å². The van der Waals surface area contributed by atoms with Crippen molar-refractivity contribution in [1.29, 1.82) is 0 Å². The number of hydrogen-bond donors (Lipinski definition) is 1. The molecule has 2 aliphatic heterocycles. The molecule has 2 saturated heterocycles. The van der Waals surface area contributed by atoms with Crippen LogP contribution in [0.15, 0.2) is 18.5 Å². The Morgan fingerprint density at radius 3 is 2.73 bits per heavy atom. The Morgan fingerprint density at radius 2 is 2.00 bits per heavy atom. The predicted octanol–water partition coefficient (Wildman–Crippen LogP) is 2.43. The Bertz CT molecular complexity index is 534. The number of piperazine rings is 1. The second-order valence-corrected chi connectivity index (χ2v) is 9.59. The Kier molecular flexibility index (Phi) is 8.35. The van der Waals surface area contributed by atoms with Gasteiger partial charge in [0, 0.05) is 69.1 Å². The molecule has 1 amide bonds. The van der Waals surface area contributed by atoms with Gasteiger partial charge in [0.2, 0.25) is 11.9 Å². The van der Waals surface area contributed by atoms with Crippen LogP contribution in [0.2, 0.25) is 0 Å². The second kappa shape index (κ2) is 11.0. The SMILES string of the molecule is O=C(CCCCC1CCSS1)NCCN1CCN(c2ncccn2)CC1. The first kappa shape index (κ1) is 19.8. The molecule has 0 aromatic carbocycles. The van der Waals surface area contributed by atoms with Crippen molar-refractivity contribution < 1.29 is 4.79 Å². The van der Waals surface area contributed by atoms with Crippen LogP contribution in [0.25, 0.3) is 0 Å². The standard InChI is InChI=1S/C18H29N5OS2/c24-17(5-2-1-4-16-6-15-25-26-16)19-9-10-22-11-13-23(14-12-22)18-20-7-3-8-21-18/h3,7-8,16H,1-2,4-6,9-15H2,(H,19,24). The summed E-state index contributed by atoms with van der Waals surface area (Å²) in [6.07, 6.45) is 9.04. The third kappa shape index (κ3) is 6.63. The maximum Gasteiger partial charge on any atom is 0.225 e. The summed E-state index contributed by atoms with van der Waals surface area (Å²) in [5.41, 5.74) is 0. The number of carbonyl (C=O) groups excluding carboxylic acids is 1. The van der Waals surface area contributed by atoms with Crippen LogP contribution < -0.4 is 10.2 Å². The number of nitrogens with one attached hydrogen (secondary N) is 1. The fourth-order valence-electron chi connectivity index (χ4n) is 3.29. The number of amides is 1. The quantitative estimate of drug-likeness (QED) is 0.509. The van der Waals surface area contributed by atoms with Gasteiger partial charge in [-0.05, 0) is 25.3 Å². The van der Waals surface area contributed by atoms with Crippen LogP contribution in [-0.4, -0.2) is 71.0 Å². The van der Waals surface area contributed by atoms with Gasteiger partial charge in [-0.25, -0.2) is 9.97 Å². The molecule has 6 nitrogen and oxygen atoms in total. The van der Waals surface area contributed by atoms with Gasteiger partial charge in [-0.1, -0.05) is 28.0 Å². The van der Waals surface area contributed by atoms with Crippen LogP contribution in [0.1, 0.15) is 32.1 Å². The monoisotopic (exact) mass is 395 g/mol. The summed E-state index contributed by atoms with van der Waals surface area (Å²) in [7, 11) is 4.02. The Labute approximate surface area is 164 Å². The van der Waals surface area contributed by atoms with E-state index in [1.807, 2.05) is 27.7 Å². The number of hydrogen-bond acceptors (Lipinski definition) is 7. The average molecular weight is 396 g/mol. The molecule has 3 heterocycles. The highest BCUT2D eigenvalue weighted by Gasteiger charge is 2.18. The second-order valence-electron chi connectivity index (χ2n) is 6.80. The zero-order valence-electron chi connectivity index (χ0n) is 15.3. The van der Waals surface area contributed by atoms with Crippen LogP contribution in [0, 0.1) is 0 Å². The summed E-state index contributed by atoms with van der Waals surface area (Å²) in [5.74, 6) is 2.31. The lowest BCUT2D eigenvalue weighted by molar-refractivity contribution is -0.121. The molecular weight excluding hydrogens is 366 g/mol. The fraction of sp³-hybridized carbons (Fsp3) is 0.722. The first-order valence-corrected chi connectivity index (χ1v) is 12.0. The zero-order valence-corrected chi connectivity index (χ0v) is 16.9. The van der Waals surface area contributed by atoms with Gasteiger partial charge in [0.05, 0.1) is 0 Å². The van der Waals surface area contributed by atoms with Crippen molar-refractivity contribution in [2.75, 3.05) is 49.9 Å². The lowest BCUT2D eigenvalue weighted by atomic mass is 10.1. The highest BCUT2D eigenvalue weighted by molar-refractivity contribution is 8.77. The highest BCUT2D eigenvalue weighted by atomic mass is 33.1. The van der Waals surface area contributed by atoms with E-state index >= 15 is 0 Å². The maximum absolute atomic E-state index is 12.0. The zero-order chi connectivity index (χ0) is 18.0. The molecule has 2 fully saturated rings. The first-order chi connectivity index (χ1) is 12.8. The number of rotatable bonds is 9. The van der Waals surface area contributed by atoms with E-state index in [9.17, 15) is 4.79 Å². The lowest BCUT2D eigenvalue weighted by Crippen LogP contribution is -2.49. The molecule has 3 rings (SSSR count). The minimum absolute atomic E-state index is 0.203. The van der Waals surface area contributed by atoms with E-state index < -0.39 is 0 Å². The van der Waals surface area contributed by atoms with Crippen molar-refractivity contribution >= 4 is 33.4 Å². The van der Waals surface area contributed by atoms with Crippen LogP contribution in [-0.2, 0) is 4.79 Å². The third-order valence-corrected chi connectivity index (χ3v) is 7.87. The van der Waals surface area contributed by atoms with E-state index in [0.29, 0.717) is 6.42 Å². The molecule has 0 aliphatic carbocycles. The predicted molar refractivity (Wildman–Crippen MR) is 111 cm³/mol. The number of carbonyl (C=O) groups is 1. The number of aromatic nitrogens is 2. The van der Waals surface area contributed by atoms with Crippen molar-refractivity contribution in [2.24, 2.45) is 0 Å². The van der Waals surface area contributed by atoms with Gasteiger partial charge in [-0.2, -0.15) is 0 Å². The number of unbranched alkanes of at least 4 members (excludes halogenated alkanes) is 1. The molecule has 1 atom stereocenters. The van der Waals surface area contributed by atoms with E-state index in [0.717, 1.165) is 56.9 Å². The van der Waals surface area contributed by atoms with Crippen LogP contribution >= 0.6 is 21.6 Å². The summed E-state index contributed by atoms with van der Waals surface area (Å²) < 4.78 is 0. The van der Waals surface area contributed by atoms with Gasteiger partial charge in [-0.15, -0.1) is 0 Å². The Hall–Kier alpha value is -0.990. The molecule has 0 radical (unpaired) electrons. The molecule has 0 bridgehead atoms. The van der Waals surface area contributed by atoms with Gasteiger partial charge in [0.25, 0.3) is 0 Å². The van der Waals surface area contributed by atoms with Crippen LogP contribution in [0.3, 0.4) is 0 Å². The topological polar surface area (TPSA) is 61.4 Å². The van der Waals surface area contributed by atoms with Gasteiger partial charge in [0.1, 0.15) is 0 Å².